The van der Waals surface area contributed by atoms with Gasteiger partial charge in [0.25, 0.3) is 6.02 Å². The topological polar surface area (TPSA) is 59.5 Å². The number of hydrogen-bond donors (Lipinski definition) is 1. The summed E-state index contributed by atoms with van der Waals surface area (Å²) < 4.78 is 10.9. The van der Waals surface area contributed by atoms with Crippen LogP contribution in [0.3, 0.4) is 0 Å². The molecule has 0 atom stereocenters. The molecule has 6 heteroatoms. The van der Waals surface area contributed by atoms with E-state index in [1.807, 2.05) is 11.9 Å². The normalized spacial score (nSPS) is 22.2. The number of piperidine rings is 1. The molecule has 0 aromatic carbocycles. The van der Waals surface area contributed by atoms with Crippen LogP contribution < -0.4 is 4.90 Å². The first-order chi connectivity index (χ1) is 11.0. The van der Waals surface area contributed by atoms with E-state index >= 15 is 0 Å². The molecule has 0 spiro atoms. The number of ether oxygens (including phenoxy) is 1. The average molecular weight is 322 g/mol. The van der Waals surface area contributed by atoms with Crippen LogP contribution in [0.15, 0.2) is 27.8 Å². The third-order valence-electron chi connectivity index (χ3n) is 4.13. The van der Waals surface area contributed by atoms with Gasteiger partial charge in [-0.2, -0.15) is 4.99 Å². The molecule has 0 bridgehead atoms. The number of rotatable bonds is 4. The number of likely N-dealkylation sites (tertiary alicyclic amines) is 1. The second-order valence-electron chi connectivity index (χ2n) is 6.68. The van der Waals surface area contributed by atoms with Crippen LogP contribution in [0, 0.1) is 5.92 Å². The summed E-state index contributed by atoms with van der Waals surface area (Å²) in [6.07, 6.45) is 3.61. The van der Waals surface area contributed by atoms with Gasteiger partial charge in [0.2, 0.25) is 0 Å². The summed E-state index contributed by atoms with van der Waals surface area (Å²) in [7, 11) is 4.17. The fourth-order valence-electron chi connectivity index (χ4n) is 2.64. The standard InChI is InChI=1S/C17H27N3O3/c1-13(2)12-23-17(18-16(21)15-6-5-11-22-15)20(4)14-7-9-19(3)10-8-14/h5-6,11,13-14H,7-10,12H2,1-4H3/p+1. The average Bonchev–Trinajstić information content (AvgIpc) is 3.05. The summed E-state index contributed by atoms with van der Waals surface area (Å²) in [5, 5.41) is 0. The van der Waals surface area contributed by atoms with Gasteiger partial charge in [0, 0.05) is 25.9 Å². The van der Waals surface area contributed by atoms with E-state index in [2.05, 4.69) is 25.9 Å². The van der Waals surface area contributed by atoms with Crippen LogP contribution in [0.5, 0.6) is 0 Å². The lowest BCUT2D eigenvalue weighted by Gasteiger charge is -2.34. The lowest BCUT2D eigenvalue weighted by atomic mass is 10.0. The molecule has 1 aromatic rings. The summed E-state index contributed by atoms with van der Waals surface area (Å²) in [4.78, 5) is 19.9. The van der Waals surface area contributed by atoms with Crippen LogP contribution in [0.25, 0.3) is 0 Å². The van der Waals surface area contributed by atoms with E-state index in [0.717, 1.165) is 25.9 Å². The van der Waals surface area contributed by atoms with Gasteiger partial charge in [-0.25, -0.2) is 0 Å². The Morgan fingerprint density at radius 3 is 2.74 bits per heavy atom. The highest BCUT2D eigenvalue weighted by molar-refractivity contribution is 5.99. The molecule has 1 fully saturated rings. The molecule has 128 valence electrons. The Bertz CT molecular complexity index is 517. The van der Waals surface area contributed by atoms with Gasteiger partial charge in [0.1, 0.15) is 0 Å². The van der Waals surface area contributed by atoms with Crippen LogP contribution in [0.2, 0.25) is 0 Å². The molecular formula is C17H28N3O3+. The Kier molecular flexibility index (Phi) is 6.21. The van der Waals surface area contributed by atoms with Gasteiger partial charge >= 0.3 is 5.91 Å². The quantitative estimate of drug-likeness (QED) is 0.665. The summed E-state index contributed by atoms with van der Waals surface area (Å²) in [5.74, 6) is 0.199. The smallest absolute Gasteiger partial charge is 0.317 e. The van der Waals surface area contributed by atoms with E-state index < -0.39 is 5.91 Å². The summed E-state index contributed by atoms with van der Waals surface area (Å²) >= 11 is 0. The highest BCUT2D eigenvalue weighted by Crippen LogP contribution is 2.12. The van der Waals surface area contributed by atoms with Crippen molar-refractivity contribution in [1.82, 2.24) is 4.90 Å². The van der Waals surface area contributed by atoms with Crippen LogP contribution in [-0.4, -0.2) is 56.7 Å². The fourth-order valence-corrected chi connectivity index (χ4v) is 2.64. The Balaban J connectivity index is 2.10. The monoisotopic (exact) mass is 322 g/mol. The lowest BCUT2D eigenvalue weighted by molar-refractivity contribution is -0.885. The molecular weight excluding hydrogens is 294 g/mol. The molecule has 1 saturated heterocycles. The number of amides is 1. The number of nitrogens with zero attached hydrogens (tertiary/aromatic N) is 2. The minimum Gasteiger partial charge on any atom is -0.465 e. The maximum atomic E-state index is 12.2. The minimum atomic E-state index is -0.404. The van der Waals surface area contributed by atoms with Crippen LogP contribution in [0.1, 0.15) is 37.2 Å². The predicted molar refractivity (Wildman–Crippen MR) is 88.7 cm³/mol. The van der Waals surface area contributed by atoms with Gasteiger partial charge in [0.15, 0.2) is 5.76 Å². The SMILES string of the molecule is CC(C)COC(=NC(=O)c1ccco1)N(C)C1CC[NH+](C)CC1. The summed E-state index contributed by atoms with van der Waals surface area (Å²) in [6, 6.07) is 4.05. The van der Waals surface area contributed by atoms with Crippen molar-refractivity contribution in [3.63, 3.8) is 0 Å². The van der Waals surface area contributed by atoms with E-state index in [1.165, 1.54) is 6.26 Å². The first kappa shape index (κ1) is 17.5. The number of carbonyl (C=O) groups is 1. The molecule has 2 heterocycles. The Morgan fingerprint density at radius 2 is 2.17 bits per heavy atom. The summed E-state index contributed by atoms with van der Waals surface area (Å²) in [6.45, 7) is 6.93. The maximum Gasteiger partial charge on any atom is 0.317 e. The van der Waals surface area contributed by atoms with Crippen LogP contribution in [0.4, 0.5) is 0 Å². The van der Waals surface area contributed by atoms with Crippen molar-refractivity contribution in [2.24, 2.45) is 10.9 Å². The van der Waals surface area contributed by atoms with E-state index in [9.17, 15) is 4.79 Å². The Labute approximate surface area is 138 Å². The van der Waals surface area contributed by atoms with Crippen molar-refractivity contribution in [2.45, 2.75) is 32.7 Å². The molecule has 1 aliphatic rings. The number of carbonyl (C=O) groups excluding carboxylic acids is 1. The van der Waals surface area contributed by atoms with Crippen molar-refractivity contribution in [2.75, 3.05) is 33.8 Å². The molecule has 1 aliphatic heterocycles. The zero-order valence-electron chi connectivity index (χ0n) is 14.5. The molecule has 0 saturated carbocycles. The van der Waals surface area contributed by atoms with Crippen molar-refractivity contribution in [3.05, 3.63) is 24.2 Å². The van der Waals surface area contributed by atoms with Gasteiger partial charge < -0.3 is 19.0 Å². The van der Waals surface area contributed by atoms with Gasteiger partial charge in [-0.3, -0.25) is 4.79 Å². The van der Waals surface area contributed by atoms with Crippen LogP contribution >= 0.6 is 0 Å². The van der Waals surface area contributed by atoms with Crippen molar-refractivity contribution in [1.29, 1.82) is 0 Å². The van der Waals surface area contributed by atoms with Gasteiger partial charge in [0.05, 0.1) is 33.0 Å². The third kappa shape index (κ3) is 5.10. The second-order valence-corrected chi connectivity index (χ2v) is 6.68. The van der Waals surface area contributed by atoms with Gasteiger partial charge in [-0.15, -0.1) is 0 Å². The van der Waals surface area contributed by atoms with Crippen molar-refractivity contribution in [3.8, 4) is 0 Å². The van der Waals surface area contributed by atoms with Crippen LogP contribution in [-0.2, 0) is 4.74 Å². The van der Waals surface area contributed by atoms with Crippen molar-refractivity contribution < 1.29 is 18.8 Å². The number of furan rings is 1. The number of amidine groups is 1. The van der Waals surface area contributed by atoms with E-state index in [-0.39, 0.29) is 5.76 Å². The first-order valence-electron chi connectivity index (χ1n) is 8.30. The third-order valence-corrected chi connectivity index (χ3v) is 4.13. The zero-order chi connectivity index (χ0) is 16.8. The molecule has 1 N–H and O–H groups in total. The van der Waals surface area contributed by atoms with E-state index in [1.54, 1.807) is 17.0 Å². The molecule has 23 heavy (non-hydrogen) atoms. The zero-order valence-corrected chi connectivity index (χ0v) is 14.5. The number of aliphatic imine (C=N–C) groups is 1. The highest BCUT2D eigenvalue weighted by Gasteiger charge is 2.27. The second kappa shape index (κ2) is 8.15. The first-order valence-corrected chi connectivity index (χ1v) is 8.30. The molecule has 0 unspecified atom stereocenters. The highest BCUT2D eigenvalue weighted by atomic mass is 16.5. The maximum absolute atomic E-state index is 12.2. The van der Waals surface area contributed by atoms with Crippen molar-refractivity contribution >= 4 is 11.9 Å². The minimum absolute atomic E-state index is 0.233. The van der Waals surface area contributed by atoms with E-state index in [0.29, 0.717) is 24.6 Å². The molecule has 0 radical (unpaired) electrons. The van der Waals surface area contributed by atoms with E-state index in [4.69, 9.17) is 9.15 Å². The molecule has 1 aromatic heterocycles. The number of nitrogens with one attached hydrogen (secondary N) is 1. The predicted octanol–water partition coefficient (Wildman–Crippen LogP) is 1.06. The molecule has 2 rings (SSSR count). The van der Waals surface area contributed by atoms with Gasteiger partial charge in [-0.05, 0) is 18.1 Å². The number of quaternary nitrogens is 1. The number of hydrogen-bond acceptors (Lipinski definition) is 3. The van der Waals surface area contributed by atoms with Gasteiger partial charge in [-0.1, -0.05) is 13.8 Å². The lowest BCUT2D eigenvalue weighted by Crippen LogP contribution is -3.10. The largest absolute Gasteiger partial charge is 0.465 e. The Morgan fingerprint density at radius 1 is 1.48 bits per heavy atom. The molecule has 0 aliphatic carbocycles. The summed E-state index contributed by atoms with van der Waals surface area (Å²) in [5.41, 5.74) is 0. The fraction of sp³-hybridized carbons (Fsp3) is 0.647. The molecule has 1 amide bonds. The Hall–Kier alpha value is -1.82. The molecule has 6 nitrogen and oxygen atoms in total.